The molecular formula is C21H24F4N4O3. The predicted octanol–water partition coefficient (Wildman–Crippen LogP) is 1.06. The number of rotatable bonds is 6. The number of nitrogens with two attached hydrogens (primary N) is 1. The van der Waals surface area contributed by atoms with Crippen LogP contribution in [0.5, 0.6) is 0 Å². The largest absolute Gasteiger partial charge is 0.452 e. The summed E-state index contributed by atoms with van der Waals surface area (Å²) in [4.78, 5) is 41.6. The minimum atomic E-state index is -5.01. The zero-order valence-corrected chi connectivity index (χ0v) is 17.2. The molecule has 0 radical (unpaired) electrons. The number of amides is 2. The Morgan fingerprint density at radius 1 is 1.25 bits per heavy atom. The Balaban J connectivity index is 1.36. The molecule has 2 N–H and O–H groups in total. The summed E-state index contributed by atoms with van der Waals surface area (Å²) in [6.45, 7) is 0.817. The lowest BCUT2D eigenvalue weighted by molar-refractivity contribution is -0.177. The van der Waals surface area contributed by atoms with E-state index in [0.29, 0.717) is 24.9 Å². The molecule has 0 aliphatic carbocycles. The van der Waals surface area contributed by atoms with Crippen molar-refractivity contribution in [2.75, 3.05) is 19.6 Å². The van der Waals surface area contributed by atoms with Crippen LogP contribution in [0.15, 0.2) is 24.3 Å². The molecule has 2 amide bonds. The molecule has 2 unspecified atom stereocenters. The summed E-state index contributed by atoms with van der Waals surface area (Å²) < 4.78 is 51.9. The number of carbonyl (C=O) groups is 3. The molecule has 0 saturated carbocycles. The van der Waals surface area contributed by atoms with E-state index in [9.17, 15) is 31.9 Å². The highest BCUT2D eigenvalue weighted by Gasteiger charge is 2.51. The fourth-order valence-electron chi connectivity index (χ4n) is 5.01. The molecule has 3 aliphatic heterocycles. The van der Waals surface area contributed by atoms with Gasteiger partial charge in [0.15, 0.2) is 0 Å². The molecule has 2 bridgehead atoms. The molecule has 3 aliphatic rings. The highest BCUT2D eigenvalue weighted by Crippen LogP contribution is 2.33. The van der Waals surface area contributed by atoms with Crippen LogP contribution < -0.4 is 5.73 Å². The number of fused-ring (bicyclic) bond motifs is 2. The highest BCUT2D eigenvalue weighted by atomic mass is 19.4. The SMILES string of the molecule is N[C@@H](CN1C[C@H]2CC1C(=O)N2Cc1cccc(F)c1)C(=O)N1CCCC1C(=O)C(F)(F)F. The van der Waals surface area contributed by atoms with Gasteiger partial charge in [0.05, 0.1) is 18.1 Å². The topological polar surface area (TPSA) is 86.9 Å². The third-order valence-electron chi connectivity index (χ3n) is 6.50. The maximum atomic E-state index is 13.4. The summed E-state index contributed by atoms with van der Waals surface area (Å²) in [5.74, 6) is -3.16. The van der Waals surface area contributed by atoms with E-state index in [1.165, 1.54) is 12.1 Å². The standard InChI is InChI=1S/C21H24F4N4O3/c22-13-4-1-3-12(7-13)9-29-14-8-17(20(29)32)27(10-14)11-15(26)19(31)28-6-2-5-16(28)18(30)21(23,24)25/h1,3-4,7,14-17H,2,5-6,8-11,26H2/t14-,15+,16?,17?/m1/s1. The van der Waals surface area contributed by atoms with Crippen LogP contribution in [0.4, 0.5) is 17.6 Å². The number of carbonyl (C=O) groups excluding carboxylic acids is 3. The summed E-state index contributed by atoms with van der Waals surface area (Å²) in [6, 6.07) is 2.77. The van der Waals surface area contributed by atoms with Gasteiger partial charge in [-0.3, -0.25) is 19.3 Å². The van der Waals surface area contributed by atoms with Crippen molar-refractivity contribution < 1.29 is 31.9 Å². The minimum absolute atomic E-state index is 0.0168. The first kappa shape index (κ1) is 22.7. The van der Waals surface area contributed by atoms with Crippen molar-refractivity contribution in [1.29, 1.82) is 0 Å². The van der Waals surface area contributed by atoms with E-state index in [4.69, 9.17) is 5.73 Å². The number of alkyl halides is 3. The molecule has 4 rings (SSSR count). The Bertz CT molecular complexity index is 925. The van der Waals surface area contributed by atoms with Crippen LogP contribution in [0.2, 0.25) is 0 Å². The number of halogens is 4. The minimum Gasteiger partial charge on any atom is -0.333 e. The van der Waals surface area contributed by atoms with Gasteiger partial charge in [0, 0.05) is 32.2 Å². The van der Waals surface area contributed by atoms with Gasteiger partial charge in [-0.05, 0) is 37.0 Å². The molecule has 3 fully saturated rings. The molecule has 0 spiro atoms. The van der Waals surface area contributed by atoms with Gasteiger partial charge < -0.3 is 15.5 Å². The average Bonchev–Trinajstić information content (AvgIpc) is 3.43. The van der Waals surface area contributed by atoms with Crippen LogP contribution in [-0.4, -0.2) is 82.3 Å². The predicted molar refractivity (Wildman–Crippen MR) is 104 cm³/mol. The number of Topliss-reactive ketones (excluding diaryl/α,β-unsaturated/α-hetero) is 1. The van der Waals surface area contributed by atoms with E-state index in [1.54, 1.807) is 21.9 Å². The van der Waals surface area contributed by atoms with Crippen LogP contribution in [0.1, 0.15) is 24.8 Å². The molecule has 3 saturated heterocycles. The number of nitrogens with zero attached hydrogens (tertiary/aromatic N) is 3. The van der Waals surface area contributed by atoms with Crippen molar-refractivity contribution in [2.45, 2.75) is 56.2 Å². The summed E-state index contributed by atoms with van der Waals surface area (Å²) in [5, 5.41) is 0. The van der Waals surface area contributed by atoms with Gasteiger partial charge in [0.25, 0.3) is 5.78 Å². The summed E-state index contributed by atoms with van der Waals surface area (Å²) in [6.07, 6.45) is -4.21. The van der Waals surface area contributed by atoms with Crippen molar-refractivity contribution >= 4 is 17.6 Å². The molecule has 32 heavy (non-hydrogen) atoms. The Morgan fingerprint density at radius 2 is 2.00 bits per heavy atom. The van der Waals surface area contributed by atoms with Gasteiger partial charge in [-0.25, -0.2) is 4.39 Å². The lowest BCUT2D eigenvalue weighted by atomic mass is 10.1. The highest BCUT2D eigenvalue weighted by molar-refractivity contribution is 5.94. The third kappa shape index (κ3) is 4.23. The first-order valence-corrected chi connectivity index (χ1v) is 10.5. The van der Waals surface area contributed by atoms with Gasteiger partial charge in [-0.2, -0.15) is 13.2 Å². The second-order valence-corrected chi connectivity index (χ2v) is 8.61. The number of benzene rings is 1. The Kier molecular flexibility index (Phi) is 5.97. The molecule has 4 atom stereocenters. The zero-order chi connectivity index (χ0) is 23.2. The van der Waals surface area contributed by atoms with Crippen LogP contribution in [0.3, 0.4) is 0 Å². The van der Waals surface area contributed by atoms with E-state index < -0.39 is 36.0 Å². The zero-order valence-electron chi connectivity index (χ0n) is 17.2. The van der Waals surface area contributed by atoms with Crippen LogP contribution in [0, 0.1) is 5.82 Å². The lowest BCUT2D eigenvalue weighted by Gasteiger charge is -2.35. The molecule has 1 aromatic carbocycles. The maximum Gasteiger partial charge on any atom is 0.452 e. The van der Waals surface area contributed by atoms with E-state index in [1.807, 2.05) is 0 Å². The second-order valence-electron chi connectivity index (χ2n) is 8.61. The molecule has 174 valence electrons. The van der Waals surface area contributed by atoms with E-state index in [0.717, 1.165) is 4.90 Å². The molecule has 7 nitrogen and oxygen atoms in total. The lowest BCUT2D eigenvalue weighted by Crippen LogP contribution is -2.57. The van der Waals surface area contributed by atoms with Gasteiger partial charge >= 0.3 is 6.18 Å². The molecule has 0 aromatic heterocycles. The molecular weight excluding hydrogens is 432 g/mol. The van der Waals surface area contributed by atoms with Crippen molar-refractivity contribution in [3.05, 3.63) is 35.6 Å². The second kappa shape index (κ2) is 8.43. The van der Waals surface area contributed by atoms with Gasteiger partial charge in [0.1, 0.15) is 5.82 Å². The molecule has 3 heterocycles. The number of ketones is 1. The van der Waals surface area contributed by atoms with Crippen LogP contribution in [0.25, 0.3) is 0 Å². The average molecular weight is 456 g/mol. The van der Waals surface area contributed by atoms with E-state index in [2.05, 4.69) is 0 Å². The van der Waals surface area contributed by atoms with Crippen LogP contribution >= 0.6 is 0 Å². The van der Waals surface area contributed by atoms with Gasteiger partial charge in [0.2, 0.25) is 11.8 Å². The van der Waals surface area contributed by atoms with Crippen molar-refractivity contribution in [3.8, 4) is 0 Å². The fraction of sp³-hybridized carbons (Fsp3) is 0.571. The monoisotopic (exact) mass is 456 g/mol. The Hall–Kier alpha value is -2.53. The fourth-order valence-corrected chi connectivity index (χ4v) is 5.01. The van der Waals surface area contributed by atoms with Crippen molar-refractivity contribution in [1.82, 2.24) is 14.7 Å². The number of hydrogen-bond donors (Lipinski definition) is 1. The number of piperazine rings is 1. The van der Waals surface area contributed by atoms with Crippen LogP contribution in [-0.2, 0) is 20.9 Å². The Morgan fingerprint density at radius 3 is 2.66 bits per heavy atom. The quantitative estimate of drug-likeness (QED) is 0.647. The normalized spacial score (nSPS) is 26.8. The van der Waals surface area contributed by atoms with Gasteiger partial charge in [-0.15, -0.1) is 0 Å². The number of hydrogen-bond acceptors (Lipinski definition) is 5. The first-order chi connectivity index (χ1) is 15.1. The smallest absolute Gasteiger partial charge is 0.333 e. The van der Waals surface area contributed by atoms with Crippen molar-refractivity contribution in [2.24, 2.45) is 5.73 Å². The molecule has 11 heteroatoms. The third-order valence-corrected chi connectivity index (χ3v) is 6.50. The summed E-state index contributed by atoms with van der Waals surface area (Å²) in [7, 11) is 0. The van der Waals surface area contributed by atoms with E-state index >= 15 is 0 Å². The Labute approximate surface area is 182 Å². The molecule has 1 aromatic rings. The summed E-state index contributed by atoms with van der Waals surface area (Å²) in [5.41, 5.74) is 6.69. The summed E-state index contributed by atoms with van der Waals surface area (Å²) >= 11 is 0. The van der Waals surface area contributed by atoms with Gasteiger partial charge in [-0.1, -0.05) is 12.1 Å². The number of likely N-dealkylation sites (tertiary alicyclic amines) is 3. The maximum absolute atomic E-state index is 13.4. The first-order valence-electron chi connectivity index (χ1n) is 10.5. The van der Waals surface area contributed by atoms with Crippen molar-refractivity contribution in [3.63, 3.8) is 0 Å². The van der Waals surface area contributed by atoms with E-state index in [-0.39, 0.29) is 43.8 Å².